The molecule has 0 aromatic heterocycles. The van der Waals surface area contributed by atoms with Crippen LogP contribution in [0.25, 0.3) is 0 Å². The van der Waals surface area contributed by atoms with E-state index >= 15 is 0 Å². The van der Waals surface area contributed by atoms with Gasteiger partial charge in [-0.15, -0.1) is 0 Å². The summed E-state index contributed by atoms with van der Waals surface area (Å²) in [6, 6.07) is 0.573. The predicted molar refractivity (Wildman–Crippen MR) is 84.1 cm³/mol. The van der Waals surface area contributed by atoms with Crippen LogP contribution >= 0.6 is 12.2 Å². The Morgan fingerprint density at radius 1 is 1.05 bits per heavy atom. The second kappa shape index (κ2) is 5.23. The minimum absolute atomic E-state index is 0.357. The summed E-state index contributed by atoms with van der Waals surface area (Å²) in [5.41, 5.74) is 0.357. The lowest BCUT2D eigenvalue weighted by atomic mass is 9.79. The second-order valence-corrected chi connectivity index (χ2v) is 7.85. The van der Waals surface area contributed by atoms with Crippen molar-refractivity contribution < 1.29 is 0 Å². The van der Waals surface area contributed by atoms with Gasteiger partial charge in [-0.2, -0.15) is 0 Å². The van der Waals surface area contributed by atoms with Gasteiger partial charge in [-0.1, -0.05) is 20.3 Å². The van der Waals surface area contributed by atoms with Crippen LogP contribution in [0.15, 0.2) is 0 Å². The largest absolute Gasteiger partial charge is 0.359 e. The molecule has 3 saturated carbocycles. The summed E-state index contributed by atoms with van der Waals surface area (Å²) in [7, 11) is 0. The van der Waals surface area contributed by atoms with Gasteiger partial charge in [-0.3, -0.25) is 0 Å². The predicted octanol–water partition coefficient (Wildman–Crippen LogP) is 3.61. The molecule has 0 aromatic carbocycles. The van der Waals surface area contributed by atoms with E-state index in [9.17, 15) is 0 Å². The fourth-order valence-corrected chi connectivity index (χ4v) is 5.11. The van der Waals surface area contributed by atoms with Crippen molar-refractivity contribution >= 4 is 17.3 Å². The number of hydrogen-bond acceptors (Lipinski definition) is 1. The molecule has 0 spiro atoms. The third-order valence-corrected chi connectivity index (χ3v) is 6.18. The number of nitrogens with one attached hydrogen (secondary N) is 2. The standard InChI is InChI=1S/C16H28N2S/c1-11-4-3-5-12(2)14(11)17-15(19)18-16-8-6-13(10-16)7-9-16/h11-14H,3-10H2,1-2H3,(H2,17,18,19). The molecule has 0 saturated heterocycles. The Labute approximate surface area is 123 Å². The highest BCUT2D eigenvalue weighted by molar-refractivity contribution is 7.80. The summed E-state index contributed by atoms with van der Waals surface area (Å²) >= 11 is 5.61. The molecule has 0 aromatic rings. The van der Waals surface area contributed by atoms with Crippen molar-refractivity contribution in [2.75, 3.05) is 0 Å². The van der Waals surface area contributed by atoms with Gasteiger partial charge in [-0.05, 0) is 74.9 Å². The Bertz CT molecular complexity index is 337. The third kappa shape index (κ3) is 2.76. The summed E-state index contributed by atoms with van der Waals surface area (Å²) in [6.45, 7) is 4.74. The van der Waals surface area contributed by atoms with Crippen molar-refractivity contribution in [2.24, 2.45) is 17.8 Å². The molecule has 2 nitrogen and oxygen atoms in total. The molecular weight excluding hydrogens is 252 g/mol. The molecule has 2 N–H and O–H groups in total. The molecule has 2 unspecified atom stereocenters. The number of rotatable bonds is 2. The lowest BCUT2D eigenvalue weighted by Gasteiger charge is -2.38. The van der Waals surface area contributed by atoms with Crippen LogP contribution in [0.2, 0.25) is 0 Å². The molecule has 0 heterocycles. The summed E-state index contributed by atoms with van der Waals surface area (Å²) in [6.07, 6.45) is 10.9. The normalized spacial score (nSPS) is 45.2. The first-order valence-electron chi connectivity index (χ1n) is 8.17. The zero-order chi connectivity index (χ0) is 13.5. The quantitative estimate of drug-likeness (QED) is 0.756. The van der Waals surface area contributed by atoms with E-state index in [1.54, 1.807) is 0 Å². The van der Waals surface area contributed by atoms with Gasteiger partial charge in [0.15, 0.2) is 5.11 Å². The second-order valence-electron chi connectivity index (χ2n) is 7.44. The average Bonchev–Trinajstić information content (AvgIpc) is 2.94. The zero-order valence-electron chi connectivity index (χ0n) is 12.4. The van der Waals surface area contributed by atoms with Crippen LogP contribution in [0.1, 0.15) is 65.2 Å². The summed E-state index contributed by atoms with van der Waals surface area (Å²) in [4.78, 5) is 0. The van der Waals surface area contributed by atoms with Crippen molar-refractivity contribution in [2.45, 2.75) is 76.8 Å². The molecule has 0 radical (unpaired) electrons. The maximum absolute atomic E-state index is 5.61. The number of fused-ring (bicyclic) bond motifs is 2. The first-order valence-corrected chi connectivity index (χ1v) is 8.57. The van der Waals surface area contributed by atoms with Gasteiger partial charge in [0.1, 0.15) is 0 Å². The SMILES string of the molecule is CC1CCCC(C)C1NC(=S)NC12CCC(CC1)C2. The molecule has 2 atom stereocenters. The number of hydrogen-bond donors (Lipinski definition) is 2. The monoisotopic (exact) mass is 280 g/mol. The molecule has 3 aliphatic carbocycles. The van der Waals surface area contributed by atoms with Gasteiger partial charge in [-0.25, -0.2) is 0 Å². The molecular formula is C16H28N2S. The molecule has 0 aliphatic heterocycles. The van der Waals surface area contributed by atoms with E-state index in [1.807, 2.05) is 0 Å². The Kier molecular flexibility index (Phi) is 3.76. The van der Waals surface area contributed by atoms with Crippen LogP contribution < -0.4 is 10.6 Å². The van der Waals surface area contributed by atoms with E-state index in [4.69, 9.17) is 12.2 Å². The minimum atomic E-state index is 0.357. The van der Waals surface area contributed by atoms with Crippen LogP contribution in [0.4, 0.5) is 0 Å². The highest BCUT2D eigenvalue weighted by Gasteiger charge is 2.45. The smallest absolute Gasteiger partial charge is 0.166 e. The van der Waals surface area contributed by atoms with E-state index in [0.29, 0.717) is 11.6 Å². The maximum atomic E-state index is 5.61. The summed E-state index contributed by atoms with van der Waals surface area (Å²) in [5.74, 6) is 2.48. The van der Waals surface area contributed by atoms with Crippen LogP contribution in [-0.2, 0) is 0 Å². The molecule has 3 heteroatoms. The van der Waals surface area contributed by atoms with Gasteiger partial charge in [0, 0.05) is 11.6 Å². The average molecular weight is 280 g/mol. The first-order chi connectivity index (χ1) is 9.08. The Morgan fingerprint density at radius 2 is 1.68 bits per heavy atom. The highest BCUT2D eigenvalue weighted by Crippen LogP contribution is 2.47. The molecule has 3 fully saturated rings. The molecule has 2 bridgehead atoms. The molecule has 0 amide bonds. The Morgan fingerprint density at radius 3 is 2.21 bits per heavy atom. The molecule has 19 heavy (non-hydrogen) atoms. The Balaban J connectivity index is 1.56. The van der Waals surface area contributed by atoms with E-state index in [1.165, 1.54) is 51.4 Å². The highest BCUT2D eigenvalue weighted by atomic mass is 32.1. The van der Waals surface area contributed by atoms with Gasteiger partial charge in [0.2, 0.25) is 0 Å². The lowest BCUT2D eigenvalue weighted by molar-refractivity contribution is 0.229. The summed E-state index contributed by atoms with van der Waals surface area (Å²) < 4.78 is 0. The molecule has 3 rings (SSSR count). The van der Waals surface area contributed by atoms with Gasteiger partial charge in [0.05, 0.1) is 0 Å². The van der Waals surface area contributed by atoms with Crippen LogP contribution in [0.5, 0.6) is 0 Å². The van der Waals surface area contributed by atoms with Gasteiger partial charge < -0.3 is 10.6 Å². The first kappa shape index (κ1) is 13.7. The summed E-state index contributed by atoms with van der Waals surface area (Å²) in [5, 5.41) is 8.26. The van der Waals surface area contributed by atoms with Crippen LogP contribution in [0.3, 0.4) is 0 Å². The zero-order valence-corrected chi connectivity index (χ0v) is 13.2. The Hall–Kier alpha value is -0.310. The fraction of sp³-hybridized carbons (Fsp3) is 0.938. The maximum Gasteiger partial charge on any atom is 0.166 e. The van der Waals surface area contributed by atoms with E-state index < -0.39 is 0 Å². The number of thiocarbonyl (C=S) groups is 1. The molecule has 108 valence electrons. The van der Waals surface area contributed by atoms with E-state index in [0.717, 1.165) is 22.9 Å². The lowest BCUT2D eigenvalue weighted by Crippen LogP contribution is -2.55. The molecule has 3 aliphatic rings. The van der Waals surface area contributed by atoms with Crippen molar-refractivity contribution in [1.29, 1.82) is 0 Å². The van der Waals surface area contributed by atoms with E-state index in [-0.39, 0.29) is 0 Å². The van der Waals surface area contributed by atoms with Crippen molar-refractivity contribution in [3.05, 3.63) is 0 Å². The van der Waals surface area contributed by atoms with E-state index in [2.05, 4.69) is 24.5 Å². The van der Waals surface area contributed by atoms with Crippen LogP contribution in [0, 0.1) is 17.8 Å². The fourth-order valence-electron chi connectivity index (χ4n) is 4.76. The van der Waals surface area contributed by atoms with Crippen molar-refractivity contribution in [3.63, 3.8) is 0 Å². The van der Waals surface area contributed by atoms with Gasteiger partial charge in [0.25, 0.3) is 0 Å². The minimum Gasteiger partial charge on any atom is -0.359 e. The van der Waals surface area contributed by atoms with Crippen molar-refractivity contribution in [1.82, 2.24) is 10.6 Å². The topological polar surface area (TPSA) is 24.1 Å². The van der Waals surface area contributed by atoms with Crippen LogP contribution in [-0.4, -0.2) is 16.7 Å². The van der Waals surface area contributed by atoms with Crippen molar-refractivity contribution in [3.8, 4) is 0 Å². The van der Waals surface area contributed by atoms with Gasteiger partial charge >= 0.3 is 0 Å². The third-order valence-electron chi connectivity index (χ3n) is 5.96.